The molecule has 0 radical (unpaired) electrons. The molecule has 0 spiro atoms. The van der Waals surface area contributed by atoms with Crippen molar-refractivity contribution in [2.45, 2.75) is 44.5 Å². The van der Waals surface area contributed by atoms with E-state index in [4.69, 9.17) is 5.73 Å². The molecule has 1 unspecified atom stereocenters. The Kier molecular flexibility index (Phi) is 4.84. The third kappa shape index (κ3) is 3.51. The zero-order valence-electron chi connectivity index (χ0n) is 12.4. The molecule has 2 aromatic rings. The molecule has 5 nitrogen and oxygen atoms in total. The molecular formula is C13H19N3O2S3. The number of sulfonamides is 1. The molecule has 8 heteroatoms. The first-order valence-corrected chi connectivity index (χ1v) is 9.62. The van der Waals surface area contributed by atoms with Gasteiger partial charge >= 0.3 is 0 Å². The number of thiophene rings is 1. The summed E-state index contributed by atoms with van der Waals surface area (Å²) in [7, 11) is -3.54. The van der Waals surface area contributed by atoms with Crippen LogP contribution in [0, 0.1) is 20.8 Å². The van der Waals surface area contributed by atoms with E-state index >= 15 is 0 Å². The van der Waals surface area contributed by atoms with Crippen molar-refractivity contribution < 1.29 is 8.42 Å². The van der Waals surface area contributed by atoms with Gasteiger partial charge < -0.3 is 5.73 Å². The Morgan fingerprint density at radius 2 is 2.00 bits per heavy atom. The Balaban J connectivity index is 2.26. The van der Waals surface area contributed by atoms with Gasteiger partial charge in [-0.05, 0) is 39.3 Å². The Hall–Kier alpha value is -0.800. The van der Waals surface area contributed by atoms with Gasteiger partial charge in [-0.25, -0.2) is 18.1 Å². The maximum atomic E-state index is 12.5. The molecule has 0 aliphatic carbocycles. The van der Waals surface area contributed by atoms with Gasteiger partial charge in [0.2, 0.25) is 0 Å². The van der Waals surface area contributed by atoms with Crippen LogP contribution in [0.15, 0.2) is 10.3 Å². The number of nitrogens with two attached hydrogens (primary N) is 1. The number of aryl methyl sites for hydroxylation is 3. The highest BCUT2D eigenvalue weighted by molar-refractivity contribution is 7.91. The van der Waals surface area contributed by atoms with E-state index < -0.39 is 10.0 Å². The van der Waals surface area contributed by atoms with E-state index in [0.717, 1.165) is 26.0 Å². The van der Waals surface area contributed by atoms with Crippen molar-refractivity contribution >= 4 is 32.7 Å². The molecule has 0 saturated carbocycles. The maximum Gasteiger partial charge on any atom is 0.250 e. The number of rotatable bonds is 5. The lowest BCUT2D eigenvalue weighted by molar-refractivity contribution is 0.570. The van der Waals surface area contributed by atoms with Gasteiger partial charge in [0, 0.05) is 16.3 Å². The predicted octanol–water partition coefficient (Wildman–Crippen LogP) is 2.63. The van der Waals surface area contributed by atoms with Crippen molar-refractivity contribution in [2.24, 2.45) is 5.73 Å². The summed E-state index contributed by atoms with van der Waals surface area (Å²) >= 11 is 2.74. The molecule has 2 rings (SSSR count). The fourth-order valence-corrected chi connectivity index (χ4v) is 5.82. The maximum absolute atomic E-state index is 12.5. The lowest BCUT2D eigenvalue weighted by Gasteiger charge is -2.12. The number of nitrogens with zero attached hydrogens (tertiary/aromatic N) is 1. The molecule has 0 amide bonds. The van der Waals surface area contributed by atoms with Gasteiger partial charge in [0.15, 0.2) is 0 Å². The molecule has 3 N–H and O–H groups in total. The first-order chi connectivity index (χ1) is 9.74. The minimum absolute atomic E-state index is 0.301. The average Bonchev–Trinajstić information content (AvgIpc) is 2.91. The van der Waals surface area contributed by atoms with Crippen LogP contribution in [-0.4, -0.2) is 13.4 Å². The minimum atomic E-state index is -3.54. The average molecular weight is 346 g/mol. The summed E-state index contributed by atoms with van der Waals surface area (Å²) in [5.74, 6) is 0. The fraction of sp³-hybridized carbons (Fsp3) is 0.462. The van der Waals surface area contributed by atoms with Gasteiger partial charge in [0.05, 0.1) is 16.7 Å². The topological polar surface area (TPSA) is 85.1 Å². The van der Waals surface area contributed by atoms with Gasteiger partial charge in [0.25, 0.3) is 10.0 Å². The normalized spacial score (nSPS) is 13.6. The van der Waals surface area contributed by atoms with E-state index in [2.05, 4.69) is 9.71 Å². The van der Waals surface area contributed by atoms with Crippen LogP contribution in [-0.2, 0) is 16.6 Å². The van der Waals surface area contributed by atoms with E-state index in [0.29, 0.717) is 10.8 Å². The van der Waals surface area contributed by atoms with Crippen LogP contribution in [0.5, 0.6) is 0 Å². The van der Waals surface area contributed by atoms with E-state index in [1.807, 2.05) is 27.7 Å². The van der Waals surface area contributed by atoms with Crippen molar-refractivity contribution in [3.05, 3.63) is 32.1 Å². The molecule has 0 saturated heterocycles. The van der Waals surface area contributed by atoms with Crippen molar-refractivity contribution in [1.82, 2.24) is 9.71 Å². The van der Waals surface area contributed by atoms with Gasteiger partial charge in [-0.3, -0.25) is 0 Å². The van der Waals surface area contributed by atoms with E-state index in [-0.39, 0.29) is 6.04 Å². The summed E-state index contributed by atoms with van der Waals surface area (Å²) in [6.07, 6.45) is 0. The summed E-state index contributed by atoms with van der Waals surface area (Å²) in [5, 5.41) is 0.936. The summed E-state index contributed by atoms with van der Waals surface area (Å²) in [6.45, 7) is 7.87. The fourth-order valence-electron chi connectivity index (χ4n) is 2.12. The smallest absolute Gasteiger partial charge is 0.250 e. The lowest BCUT2D eigenvalue weighted by Crippen LogP contribution is -2.26. The summed E-state index contributed by atoms with van der Waals surface area (Å²) in [4.78, 5) is 6.18. The monoisotopic (exact) mass is 345 g/mol. The van der Waals surface area contributed by atoms with Crippen LogP contribution in [0.3, 0.4) is 0 Å². The molecule has 1 atom stereocenters. The summed E-state index contributed by atoms with van der Waals surface area (Å²) in [6, 6.07) is 1.37. The SMILES string of the molecule is Cc1nc(C)c(C(C)NS(=O)(=O)c2cc(C)c(CN)s2)s1. The third-order valence-corrected chi connectivity index (χ3v) is 7.64. The standard InChI is InChI=1S/C13H19N3O2S3/c1-7-5-12(20-11(7)6-14)21(17,18)16-9(3)13-8(2)15-10(4)19-13/h5,9,16H,6,14H2,1-4H3. The predicted molar refractivity (Wildman–Crippen MR) is 87.3 cm³/mol. The van der Waals surface area contributed by atoms with Crippen LogP contribution < -0.4 is 10.5 Å². The van der Waals surface area contributed by atoms with E-state index in [9.17, 15) is 8.42 Å². The van der Waals surface area contributed by atoms with Gasteiger partial charge in [-0.2, -0.15) is 0 Å². The minimum Gasteiger partial charge on any atom is -0.326 e. The molecule has 0 bridgehead atoms. The number of thiazole rings is 1. The van der Waals surface area contributed by atoms with E-state index in [1.54, 1.807) is 6.07 Å². The van der Waals surface area contributed by atoms with Crippen molar-refractivity contribution in [1.29, 1.82) is 0 Å². The second-order valence-corrected chi connectivity index (χ2v) is 9.21. The van der Waals surface area contributed by atoms with Crippen LogP contribution in [0.4, 0.5) is 0 Å². The van der Waals surface area contributed by atoms with Gasteiger partial charge in [-0.15, -0.1) is 22.7 Å². The molecular weight excluding hydrogens is 326 g/mol. The highest BCUT2D eigenvalue weighted by atomic mass is 32.2. The van der Waals surface area contributed by atoms with Gasteiger partial charge in [0.1, 0.15) is 4.21 Å². The Bertz CT molecular complexity index is 747. The molecule has 2 heterocycles. The van der Waals surface area contributed by atoms with Crippen LogP contribution in [0.1, 0.15) is 39.0 Å². The number of aromatic nitrogens is 1. The summed E-state index contributed by atoms with van der Waals surface area (Å²) < 4.78 is 27.9. The number of hydrogen-bond acceptors (Lipinski definition) is 6. The first-order valence-electron chi connectivity index (χ1n) is 6.50. The molecule has 0 aliphatic heterocycles. The third-order valence-electron chi connectivity index (χ3n) is 3.11. The van der Waals surface area contributed by atoms with Crippen molar-refractivity contribution in [3.63, 3.8) is 0 Å². The molecule has 0 aromatic carbocycles. The molecule has 0 fully saturated rings. The highest BCUT2D eigenvalue weighted by Gasteiger charge is 2.23. The van der Waals surface area contributed by atoms with Crippen molar-refractivity contribution in [2.75, 3.05) is 0 Å². The molecule has 116 valence electrons. The van der Waals surface area contributed by atoms with Crippen molar-refractivity contribution in [3.8, 4) is 0 Å². The Morgan fingerprint density at radius 3 is 2.48 bits per heavy atom. The Labute approximate surface area is 133 Å². The second kappa shape index (κ2) is 6.13. The highest BCUT2D eigenvalue weighted by Crippen LogP contribution is 2.29. The molecule has 2 aromatic heterocycles. The Morgan fingerprint density at radius 1 is 1.33 bits per heavy atom. The quantitative estimate of drug-likeness (QED) is 0.872. The summed E-state index contributed by atoms with van der Waals surface area (Å²) in [5.41, 5.74) is 7.40. The number of nitrogens with one attached hydrogen (secondary N) is 1. The largest absolute Gasteiger partial charge is 0.326 e. The van der Waals surface area contributed by atoms with Crippen LogP contribution >= 0.6 is 22.7 Å². The lowest BCUT2D eigenvalue weighted by atomic mass is 10.2. The van der Waals surface area contributed by atoms with Crippen LogP contribution in [0.2, 0.25) is 0 Å². The van der Waals surface area contributed by atoms with E-state index in [1.165, 1.54) is 22.7 Å². The zero-order valence-corrected chi connectivity index (χ0v) is 14.9. The second-order valence-electron chi connectivity index (χ2n) is 4.90. The number of hydrogen-bond donors (Lipinski definition) is 2. The van der Waals surface area contributed by atoms with Crippen LogP contribution in [0.25, 0.3) is 0 Å². The first kappa shape index (κ1) is 16.6. The molecule has 0 aliphatic rings. The van der Waals surface area contributed by atoms with Gasteiger partial charge in [-0.1, -0.05) is 0 Å². The molecule has 21 heavy (non-hydrogen) atoms. The zero-order chi connectivity index (χ0) is 15.8.